The van der Waals surface area contributed by atoms with Crippen molar-refractivity contribution in [2.45, 2.75) is 19.8 Å². The number of hydrogen-bond donors (Lipinski definition) is 1. The van der Waals surface area contributed by atoms with E-state index in [1.54, 1.807) is 29.8 Å². The molecule has 1 aliphatic rings. The summed E-state index contributed by atoms with van der Waals surface area (Å²) in [5, 5.41) is 9.63. The molecule has 0 radical (unpaired) electrons. The molecule has 0 saturated carbocycles. The van der Waals surface area contributed by atoms with Crippen LogP contribution in [0.5, 0.6) is 0 Å². The lowest BCUT2D eigenvalue weighted by atomic mass is 9.79. The first kappa shape index (κ1) is 16.9. The van der Waals surface area contributed by atoms with Crippen molar-refractivity contribution in [1.82, 2.24) is 14.3 Å². The van der Waals surface area contributed by atoms with Gasteiger partial charge in [-0.25, -0.2) is 4.98 Å². The van der Waals surface area contributed by atoms with Crippen molar-refractivity contribution in [3.05, 3.63) is 36.4 Å². The van der Waals surface area contributed by atoms with Crippen LogP contribution in [-0.4, -0.2) is 56.9 Å². The van der Waals surface area contributed by atoms with Crippen molar-refractivity contribution < 1.29 is 24.2 Å². The summed E-state index contributed by atoms with van der Waals surface area (Å²) < 4.78 is 6.60. The lowest BCUT2D eigenvalue weighted by molar-refractivity contribution is -0.172. The van der Waals surface area contributed by atoms with Gasteiger partial charge < -0.3 is 14.7 Å². The number of imidazole rings is 1. The van der Waals surface area contributed by atoms with Gasteiger partial charge in [0.2, 0.25) is 5.82 Å². The van der Waals surface area contributed by atoms with E-state index in [9.17, 15) is 19.5 Å². The van der Waals surface area contributed by atoms with Crippen molar-refractivity contribution in [3.8, 4) is 0 Å². The molecule has 2 aromatic heterocycles. The van der Waals surface area contributed by atoms with Crippen LogP contribution in [0.1, 0.15) is 30.4 Å². The van der Waals surface area contributed by atoms with Crippen molar-refractivity contribution in [3.63, 3.8) is 0 Å². The van der Waals surface area contributed by atoms with Gasteiger partial charge in [-0.3, -0.25) is 18.8 Å². The Bertz CT molecular complexity index is 831. The maximum absolute atomic E-state index is 12.9. The molecule has 3 heterocycles. The topological polar surface area (TPSA) is 101 Å². The van der Waals surface area contributed by atoms with Gasteiger partial charge in [0.15, 0.2) is 5.41 Å². The number of rotatable bonds is 4. The molecule has 132 valence electrons. The number of nitrogens with zero attached hydrogens (tertiary/aromatic N) is 3. The number of carbonyl (C=O) groups excluding carboxylic acids is 2. The highest BCUT2D eigenvalue weighted by Crippen LogP contribution is 2.32. The van der Waals surface area contributed by atoms with Crippen molar-refractivity contribution in [2.75, 3.05) is 19.7 Å². The Morgan fingerprint density at radius 1 is 1.36 bits per heavy atom. The molecule has 0 aliphatic carbocycles. The number of aliphatic carboxylic acids is 1. The highest BCUT2D eigenvalue weighted by atomic mass is 16.5. The van der Waals surface area contributed by atoms with E-state index in [1.165, 1.54) is 4.90 Å². The standard InChI is InChI=1S/C17H19N3O5/c1-2-25-16(24)17(15(22)23)7-5-8-19(11-17)14(21)13-18-10-12-6-3-4-9-20(12)13/h3-4,6,9-10H,2,5,7-8,11H2,1H3,(H,22,23). The quantitative estimate of drug-likeness (QED) is 0.660. The van der Waals surface area contributed by atoms with Crippen LogP contribution in [0.4, 0.5) is 0 Å². The molecular formula is C17H19N3O5. The van der Waals surface area contributed by atoms with E-state index in [0.717, 1.165) is 5.52 Å². The molecule has 1 unspecified atom stereocenters. The van der Waals surface area contributed by atoms with Crippen molar-refractivity contribution >= 4 is 23.4 Å². The van der Waals surface area contributed by atoms with Gasteiger partial charge in [-0.2, -0.15) is 0 Å². The molecule has 0 bridgehead atoms. The third-order valence-corrected chi connectivity index (χ3v) is 4.49. The minimum Gasteiger partial charge on any atom is -0.480 e. The van der Waals surface area contributed by atoms with E-state index in [4.69, 9.17) is 4.74 Å². The van der Waals surface area contributed by atoms with E-state index >= 15 is 0 Å². The predicted molar refractivity (Wildman–Crippen MR) is 87.0 cm³/mol. The fraction of sp³-hybridized carbons (Fsp3) is 0.412. The predicted octanol–water partition coefficient (Wildman–Crippen LogP) is 1.20. The molecule has 3 rings (SSSR count). The lowest BCUT2D eigenvalue weighted by Crippen LogP contribution is -2.54. The summed E-state index contributed by atoms with van der Waals surface area (Å²) in [5.74, 6) is -2.27. The van der Waals surface area contributed by atoms with Gasteiger partial charge >= 0.3 is 11.9 Å². The number of carboxylic acids is 1. The largest absolute Gasteiger partial charge is 0.480 e. The first-order valence-corrected chi connectivity index (χ1v) is 8.11. The van der Waals surface area contributed by atoms with Crippen LogP contribution in [0, 0.1) is 5.41 Å². The molecule has 2 aromatic rings. The third kappa shape index (κ3) is 2.84. The number of carboxylic acid groups (broad SMARTS) is 1. The van der Waals surface area contributed by atoms with Gasteiger partial charge in [-0.1, -0.05) is 6.07 Å². The molecule has 1 aliphatic heterocycles. The number of piperidine rings is 1. The fourth-order valence-electron chi connectivity index (χ4n) is 3.17. The highest BCUT2D eigenvalue weighted by Gasteiger charge is 2.51. The average molecular weight is 345 g/mol. The second-order valence-corrected chi connectivity index (χ2v) is 6.02. The maximum atomic E-state index is 12.9. The molecule has 25 heavy (non-hydrogen) atoms. The Labute approximate surface area is 144 Å². The molecule has 0 spiro atoms. The zero-order chi connectivity index (χ0) is 18.0. The van der Waals surface area contributed by atoms with E-state index in [0.29, 0.717) is 13.0 Å². The monoisotopic (exact) mass is 345 g/mol. The molecular weight excluding hydrogens is 326 g/mol. The molecule has 1 saturated heterocycles. The van der Waals surface area contributed by atoms with Gasteiger partial charge in [0.25, 0.3) is 5.91 Å². The number of esters is 1. The fourth-order valence-corrected chi connectivity index (χ4v) is 3.17. The lowest BCUT2D eigenvalue weighted by Gasteiger charge is -2.37. The summed E-state index contributed by atoms with van der Waals surface area (Å²) in [6.07, 6.45) is 3.84. The number of hydrogen-bond acceptors (Lipinski definition) is 5. The smallest absolute Gasteiger partial charge is 0.325 e. The van der Waals surface area contributed by atoms with Gasteiger partial charge in [0, 0.05) is 19.3 Å². The molecule has 0 aromatic carbocycles. The highest BCUT2D eigenvalue weighted by molar-refractivity contribution is 6.01. The zero-order valence-electron chi connectivity index (χ0n) is 13.8. The Balaban J connectivity index is 1.91. The first-order valence-electron chi connectivity index (χ1n) is 8.11. The van der Waals surface area contributed by atoms with Gasteiger partial charge in [0.05, 0.1) is 18.3 Å². The summed E-state index contributed by atoms with van der Waals surface area (Å²) in [7, 11) is 0. The molecule has 1 amide bonds. The first-order chi connectivity index (χ1) is 12.0. The molecule has 8 heteroatoms. The summed E-state index contributed by atoms with van der Waals surface area (Å²) >= 11 is 0. The number of ether oxygens (including phenoxy) is 1. The van der Waals surface area contributed by atoms with Crippen LogP contribution in [0.2, 0.25) is 0 Å². The summed E-state index contributed by atoms with van der Waals surface area (Å²) in [4.78, 5) is 42.5. The zero-order valence-corrected chi connectivity index (χ0v) is 13.8. The molecule has 1 fully saturated rings. The summed E-state index contributed by atoms with van der Waals surface area (Å²) in [6.45, 7) is 1.86. The normalized spacial score (nSPS) is 20.4. The number of carbonyl (C=O) groups is 3. The molecule has 8 nitrogen and oxygen atoms in total. The van der Waals surface area contributed by atoms with E-state index in [1.807, 2.05) is 12.1 Å². The van der Waals surface area contributed by atoms with Crippen LogP contribution < -0.4 is 0 Å². The molecule has 1 atom stereocenters. The van der Waals surface area contributed by atoms with Crippen molar-refractivity contribution in [2.24, 2.45) is 5.41 Å². The van der Waals surface area contributed by atoms with E-state index in [-0.39, 0.29) is 25.4 Å². The van der Waals surface area contributed by atoms with Crippen molar-refractivity contribution in [1.29, 1.82) is 0 Å². The summed E-state index contributed by atoms with van der Waals surface area (Å²) in [5.41, 5.74) is -0.963. The Hall–Kier alpha value is -2.90. The van der Waals surface area contributed by atoms with Crippen LogP contribution in [0.25, 0.3) is 5.52 Å². The third-order valence-electron chi connectivity index (χ3n) is 4.49. The van der Waals surface area contributed by atoms with E-state index in [2.05, 4.69) is 4.98 Å². The van der Waals surface area contributed by atoms with Crippen LogP contribution in [0.3, 0.4) is 0 Å². The maximum Gasteiger partial charge on any atom is 0.325 e. The Kier molecular flexibility index (Phi) is 4.43. The van der Waals surface area contributed by atoms with E-state index < -0.39 is 23.3 Å². The second-order valence-electron chi connectivity index (χ2n) is 6.02. The average Bonchev–Trinajstić information content (AvgIpc) is 3.05. The summed E-state index contributed by atoms with van der Waals surface area (Å²) in [6, 6.07) is 5.43. The van der Waals surface area contributed by atoms with Crippen LogP contribution in [-0.2, 0) is 14.3 Å². The van der Waals surface area contributed by atoms with Gasteiger partial charge in [-0.05, 0) is 31.9 Å². The van der Waals surface area contributed by atoms with Crippen LogP contribution >= 0.6 is 0 Å². The number of aromatic nitrogens is 2. The number of fused-ring (bicyclic) bond motifs is 1. The number of likely N-dealkylation sites (tertiary alicyclic amines) is 1. The van der Waals surface area contributed by atoms with Gasteiger partial charge in [0.1, 0.15) is 0 Å². The second kappa shape index (κ2) is 6.54. The number of pyridine rings is 1. The van der Waals surface area contributed by atoms with Crippen LogP contribution in [0.15, 0.2) is 30.6 Å². The molecule has 1 N–H and O–H groups in total. The minimum absolute atomic E-state index is 0.0900. The minimum atomic E-state index is -1.73. The number of amides is 1. The Morgan fingerprint density at radius 2 is 2.16 bits per heavy atom. The SMILES string of the molecule is CCOC(=O)C1(C(=O)O)CCCN(C(=O)c2ncc3ccccn23)C1. The Morgan fingerprint density at radius 3 is 2.88 bits per heavy atom. The van der Waals surface area contributed by atoms with Gasteiger partial charge in [-0.15, -0.1) is 0 Å².